The molecule has 23 heavy (non-hydrogen) atoms. The normalized spacial score (nSPS) is 13.5. The molecule has 0 fully saturated rings. The first-order chi connectivity index (χ1) is 10.8. The first-order valence-electron chi connectivity index (χ1n) is 7.64. The summed E-state index contributed by atoms with van der Waals surface area (Å²) in [6.07, 6.45) is 1.81. The third-order valence-corrected chi connectivity index (χ3v) is 4.49. The number of hydrogen-bond acceptors (Lipinski definition) is 6. The molecule has 0 aliphatic heterocycles. The maximum atomic E-state index is 4.76. The monoisotopic (exact) mass is 330 g/mol. The van der Waals surface area contributed by atoms with Crippen molar-refractivity contribution in [1.82, 2.24) is 24.7 Å². The molecule has 3 aromatic heterocycles. The van der Waals surface area contributed by atoms with Gasteiger partial charge in [0.2, 0.25) is 0 Å². The summed E-state index contributed by atoms with van der Waals surface area (Å²) in [4.78, 5) is 14.0. The molecule has 122 valence electrons. The van der Waals surface area contributed by atoms with Gasteiger partial charge in [0.05, 0.1) is 28.3 Å². The number of hydrogen-bond donors (Lipinski definition) is 1. The molecule has 0 aromatic carbocycles. The van der Waals surface area contributed by atoms with Crippen molar-refractivity contribution in [2.75, 3.05) is 5.32 Å². The van der Waals surface area contributed by atoms with Crippen molar-refractivity contribution in [3.63, 3.8) is 0 Å². The van der Waals surface area contributed by atoms with E-state index in [1.165, 1.54) is 0 Å². The minimum absolute atomic E-state index is 0.0751. The Bertz CT molecular complexity index is 842. The van der Waals surface area contributed by atoms with E-state index in [0.29, 0.717) is 0 Å². The zero-order valence-corrected chi connectivity index (χ0v) is 15.2. The van der Waals surface area contributed by atoms with Gasteiger partial charge in [0, 0.05) is 17.8 Å². The third kappa shape index (κ3) is 3.06. The Morgan fingerprint density at radius 2 is 1.96 bits per heavy atom. The summed E-state index contributed by atoms with van der Waals surface area (Å²) in [7, 11) is 1.90. The van der Waals surface area contributed by atoms with Crippen LogP contribution in [-0.2, 0) is 12.5 Å². The van der Waals surface area contributed by atoms with Gasteiger partial charge >= 0.3 is 0 Å². The Kier molecular flexibility index (Phi) is 3.83. The van der Waals surface area contributed by atoms with Crippen LogP contribution in [0.2, 0.25) is 0 Å². The molecule has 0 aliphatic carbocycles. The van der Waals surface area contributed by atoms with Gasteiger partial charge < -0.3 is 5.32 Å². The minimum atomic E-state index is -0.130. The molecule has 0 aliphatic rings. The maximum absolute atomic E-state index is 4.76. The molecule has 3 aromatic rings. The Balaban J connectivity index is 2.05. The second-order valence-electron chi connectivity index (χ2n) is 6.81. The van der Waals surface area contributed by atoms with Crippen LogP contribution in [0.1, 0.15) is 50.3 Å². The quantitative estimate of drug-likeness (QED) is 0.794. The Labute approximate surface area is 140 Å². The average molecular weight is 330 g/mol. The van der Waals surface area contributed by atoms with E-state index >= 15 is 0 Å². The Morgan fingerprint density at radius 1 is 1.22 bits per heavy atom. The van der Waals surface area contributed by atoms with Gasteiger partial charge in [-0.15, -0.1) is 11.3 Å². The molecule has 0 saturated carbocycles. The Hall–Kier alpha value is -2.02. The maximum Gasteiger partial charge on any atom is 0.163 e. The van der Waals surface area contributed by atoms with Gasteiger partial charge in [0.1, 0.15) is 11.6 Å². The second-order valence-corrected chi connectivity index (χ2v) is 7.87. The first-order valence-corrected chi connectivity index (χ1v) is 8.52. The third-order valence-electron chi connectivity index (χ3n) is 3.70. The highest BCUT2D eigenvalue weighted by Gasteiger charge is 2.22. The fraction of sp³-hybridized carbons (Fsp3) is 0.500. The van der Waals surface area contributed by atoms with Gasteiger partial charge in [-0.1, -0.05) is 20.8 Å². The zero-order chi connectivity index (χ0) is 16.8. The smallest absolute Gasteiger partial charge is 0.163 e. The highest BCUT2D eigenvalue weighted by Crippen LogP contribution is 2.28. The van der Waals surface area contributed by atoms with Crippen molar-refractivity contribution in [1.29, 1.82) is 0 Å². The van der Waals surface area contributed by atoms with Crippen LogP contribution in [-0.4, -0.2) is 24.7 Å². The first kappa shape index (κ1) is 15.9. The van der Waals surface area contributed by atoms with E-state index in [-0.39, 0.29) is 11.5 Å². The largest absolute Gasteiger partial charge is 0.361 e. The summed E-state index contributed by atoms with van der Waals surface area (Å²) in [5.74, 6) is 1.61. The fourth-order valence-corrected chi connectivity index (χ4v) is 3.03. The highest BCUT2D eigenvalue weighted by molar-refractivity contribution is 7.09. The predicted molar refractivity (Wildman–Crippen MR) is 93.9 cm³/mol. The molecular weight excluding hydrogens is 308 g/mol. The van der Waals surface area contributed by atoms with E-state index in [9.17, 15) is 0 Å². The fourth-order valence-electron chi connectivity index (χ4n) is 2.33. The Morgan fingerprint density at radius 3 is 2.57 bits per heavy atom. The summed E-state index contributed by atoms with van der Waals surface area (Å²) < 4.78 is 1.79. The number of fused-ring (bicyclic) bond motifs is 1. The number of rotatable bonds is 3. The summed E-state index contributed by atoms with van der Waals surface area (Å²) in [6.45, 7) is 10.4. The molecule has 7 heteroatoms. The van der Waals surface area contributed by atoms with Crippen LogP contribution >= 0.6 is 11.3 Å². The van der Waals surface area contributed by atoms with Crippen molar-refractivity contribution in [3.05, 3.63) is 28.1 Å². The van der Waals surface area contributed by atoms with Gasteiger partial charge in [-0.05, 0) is 13.8 Å². The van der Waals surface area contributed by atoms with E-state index in [2.05, 4.69) is 53.5 Å². The predicted octanol–water partition coefficient (Wildman–Crippen LogP) is 3.60. The summed E-state index contributed by atoms with van der Waals surface area (Å²) in [6, 6.07) is 0.0751. The average Bonchev–Trinajstić information content (AvgIpc) is 3.05. The molecule has 0 radical (unpaired) electrons. The SMILES string of the molecule is Cc1nc([C@H](C)Nc2nc(C(C)(C)C)nc3c2cnn3C)cs1. The van der Waals surface area contributed by atoms with Gasteiger partial charge in [-0.2, -0.15) is 5.10 Å². The molecule has 0 spiro atoms. The topological polar surface area (TPSA) is 68.5 Å². The molecule has 0 saturated heterocycles. The molecule has 0 unspecified atom stereocenters. The zero-order valence-electron chi connectivity index (χ0n) is 14.4. The molecule has 1 atom stereocenters. The lowest BCUT2D eigenvalue weighted by Gasteiger charge is -2.19. The van der Waals surface area contributed by atoms with Crippen LogP contribution in [0.15, 0.2) is 11.6 Å². The number of aryl methyl sites for hydroxylation is 2. The lowest BCUT2D eigenvalue weighted by Crippen LogP contribution is -2.18. The molecule has 0 bridgehead atoms. The molecule has 1 N–H and O–H groups in total. The minimum Gasteiger partial charge on any atom is -0.361 e. The van der Waals surface area contributed by atoms with Crippen molar-refractivity contribution in [2.24, 2.45) is 7.05 Å². The molecular formula is C16H22N6S. The van der Waals surface area contributed by atoms with Gasteiger partial charge in [-0.3, -0.25) is 4.68 Å². The molecule has 3 heterocycles. The van der Waals surface area contributed by atoms with E-state index in [0.717, 1.165) is 33.4 Å². The lowest BCUT2D eigenvalue weighted by atomic mass is 9.95. The van der Waals surface area contributed by atoms with E-state index < -0.39 is 0 Å². The van der Waals surface area contributed by atoms with Crippen molar-refractivity contribution < 1.29 is 0 Å². The van der Waals surface area contributed by atoms with Gasteiger partial charge in [0.25, 0.3) is 0 Å². The van der Waals surface area contributed by atoms with Crippen LogP contribution in [0.5, 0.6) is 0 Å². The number of nitrogens with zero attached hydrogens (tertiary/aromatic N) is 5. The van der Waals surface area contributed by atoms with E-state index in [4.69, 9.17) is 4.98 Å². The van der Waals surface area contributed by atoms with Crippen LogP contribution in [0, 0.1) is 6.92 Å². The molecule has 0 amide bonds. The van der Waals surface area contributed by atoms with Crippen molar-refractivity contribution >= 4 is 28.2 Å². The van der Waals surface area contributed by atoms with Crippen molar-refractivity contribution in [3.8, 4) is 0 Å². The van der Waals surface area contributed by atoms with E-state index in [1.807, 2.05) is 20.2 Å². The summed E-state index contributed by atoms with van der Waals surface area (Å²) >= 11 is 1.66. The number of nitrogens with one attached hydrogen (secondary N) is 1. The summed E-state index contributed by atoms with van der Waals surface area (Å²) in [5.41, 5.74) is 1.74. The highest BCUT2D eigenvalue weighted by atomic mass is 32.1. The van der Waals surface area contributed by atoms with Crippen LogP contribution in [0.25, 0.3) is 11.0 Å². The molecule has 3 rings (SSSR count). The summed E-state index contributed by atoms with van der Waals surface area (Å²) in [5, 5.41) is 11.9. The van der Waals surface area contributed by atoms with Crippen LogP contribution in [0.3, 0.4) is 0 Å². The van der Waals surface area contributed by atoms with E-state index in [1.54, 1.807) is 16.0 Å². The number of thiazole rings is 1. The number of aromatic nitrogens is 5. The molecule has 6 nitrogen and oxygen atoms in total. The van der Waals surface area contributed by atoms with Crippen molar-refractivity contribution in [2.45, 2.75) is 46.1 Å². The van der Waals surface area contributed by atoms with Crippen LogP contribution in [0.4, 0.5) is 5.82 Å². The second kappa shape index (κ2) is 5.56. The van der Waals surface area contributed by atoms with Gasteiger partial charge in [-0.25, -0.2) is 15.0 Å². The van der Waals surface area contributed by atoms with Gasteiger partial charge in [0.15, 0.2) is 5.65 Å². The van der Waals surface area contributed by atoms with Crippen LogP contribution < -0.4 is 5.32 Å². The lowest BCUT2D eigenvalue weighted by molar-refractivity contribution is 0.546. The standard InChI is InChI=1S/C16H22N6S/c1-9(12-8-23-10(2)19-12)18-13-11-7-17-22(6)14(11)21-15(20-13)16(3,4)5/h7-9H,1-6H3,(H,18,20,21)/t9-/m0/s1. The number of anilines is 1.